The summed E-state index contributed by atoms with van der Waals surface area (Å²) >= 11 is 0. The standard InChI is InChI=1S/C29H26N4O/c1-20(2)22-14-16-23(17-15-22)28-24(19-32(31-28)25-10-6-4-7-11-25)18-27-21(3)30-33(29(27)34)26-12-8-5-9-13-26/h4-20H,1-3H3/b27-18+. The van der Waals surface area contributed by atoms with Gasteiger partial charge in [0.15, 0.2) is 0 Å². The monoisotopic (exact) mass is 446 g/mol. The molecule has 5 heteroatoms. The Kier molecular flexibility index (Phi) is 5.68. The van der Waals surface area contributed by atoms with Crippen molar-refractivity contribution < 1.29 is 4.79 Å². The van der Waals surface area contributed by atoms with Crippen LogP contribution in [-0.2, 0) is 4.79 Å². The van der Waals surface area contributed by atoms with Gasteiger partial charge in [-0.3, -0.25) is 4.79 Å². The van der Waals surface area contributed by atoms with E-state index in [1.807, 2.05) is 84.5 Å². The summed E-state index contributed by atoms with van der Waals surface area (Å²) in [5, 5.41) is 10.9. The van der Waals surface area contributed by atoms with Crippen molar-refractivity contribution in [1.82, 2.24) is 9.78 Å². The van der Waals surface area contributed by atoms with E-state index in [0.717, 1.165) is 28.2 Å². The second-order valence-electron chi connectivity index (χ2n) is 8.69. The number of hydrogen-bond donors (Lipinski definition) is 0. The molecule has 1 aromatic heterocycles. The van der Waals surface area contributed by atoms with Crippen molar-refractivity contribution in [1.29, 1.82) is 0 Å². The van der Waals surface area contributed by atoms with Crippen LogP contribution in [0.5, 0.6) is 0 Å². The Morgan fingerprint density at radius 1 is 0.824 bits per heavy atom. The van der Waals surface area contributed by atoms with Crippen LogP contribution in [0.25, 0.3) is 23.0 Å². The van der Waals surface area contributed by atoms with Crippen LogP contribution < -0.4 is 5.01 Å². The van der Waals surface area contributed by atoms with Crippen molar-refractivity contribution in [2.24, 2.45) is 5.10 Å². The molecule has 0 fully saturated rings. The molecule has 5 rings (SSSR count). The van der Waals surface area contributed by atoms with E-state index in [9.17, 15) is 4.79 Å². The smallest absolute Gasteiger partial charge is 0.267 e. The molecule has 1 amide bonds. The van der Waals surface area contributed by atoms with Crippen LogP contribution in [0.3, 0.4) is 0 Å². The number of anilines is 1. The molecule has 0 radical (unpaired) electrons. The highest BCUT2D eigenvalue weighted by Crippen LogP contribution is 2.30. The van der Waals surface area contributed by atoms with Gasteiger partial charge in [0.1, 0.15) is 0 Å². The van der Waals surface area contributed by atoms with Gasteiger partial charge in [-0.1, -0.05) is 74.5 Å². The van der Waals surface area contributed by atoms with Gasteiger partial charge in [0.2, 0.25) is 0 Å². The largest absolute Gasteiger partial charge is 0.280 e. The van der Waals surface area contributed by atoms with E-state index in [1.54, 1.807) is 0 Å². The first-order valence-electron chi connectivity index (χ1n) is 11.4. The molecular formula is C29H26N4O. The molecule has 0 unspecified atom stereocenters. The minimum absolute atomic E-state index is 0.141. The van der Waals surface area contributed by atoms with Gasteiger partial charge >= 0.3 is 0 Å². The maximum Gasteiger partial charge on any atom is 0.280 e. The molecule has 1 aliphatic rings. The Balaban J connectivity index is 1.59. The summed E-state index contributed by atoms with van der Waals surface area (Å²) in [6.45, 7) is 6.23. The highest BCUT2D eigenvalue weighted by molar-refractivity contribution is 6.32. The molecular weight excluding hydrogens is 420 g/mol. The number of benzene rings is 3. The van der Waals surface area contributed by atoms with Gasteiger partial charge in [0.25, 0.3) is 5.91 Å². The predicted molar refractivity (Wildman–Crippen MR) is 138 cm³/mol. The van der Waals surface area contributed by atoms with E-state index in [4.69, 9.17) is 5.10 Å². The molecule has 168 valence electrons. The topological polar surface area (TPSA) is 50.5 Å². The number of nitrogens with zero attached hydrogens (tertiary/aromatic N) is 4. The molecule has 0 saturated carbocycles. The van der Waals surface area contributed by atoms with Crippen LogP contribution >= 0.6 is 0 Å². The van der Waals surface area contributed by atoms with Crippen molar-refractivity contribution in [3.63, 3.8) is 0 Å². The summed E-state index contributed by atoms with van der Waals surface area (Å²) in [5.74, 6) is 0.314. The molecule has 0 aliphatic carbocycles. The summed E-state index contributed by atoms with van der Waals surface area (Å²) in [6.07, 6.45) is 3.88. The minimum Gasteiger partial charge on any atom is -0.267 e. The lowest BCUT2D eigenvalue weighted by molar-refractivity contribution is -0.114. The SMILES string of the molecule is CC1=NN(c2ccccc2)C(=O)/C1=C/c1cn(-c2ccccc2)nc1-c1ccc(C(C)C)cc1. The third-order valence-electron chi connectivity index (χ3n) is 5.98. The minimum atomic E-state index is -0.141. The molecule has 0 N–H and O–H groups in total. The highest BCUT2D eigenvalue weighted by atomic mass is 16.2. The number of para-hydroxylation sites is 2. The number of carbonyl (C=O) groups excluding carboxylic acids is 1. The Labute approximate surface area is 199 Å². The number of carbonyl (C=O) groups is 1. The Bertz CT molecular complexity index is 1380. The maximum atomic E-state index is 13.3. The van der Waals surface area contributed by atoms with Crippen molar-refractivity contribution in [3.8, 4) is 16.9 Å². The summed E-state index contributed by atoms with van der Waals surface area (Å²) in [4.78, 5) is 13.3. The van der Waals surface area contributed by atoms with Gasteiger partial charge in [-0.15, -0.1) is 0 Å². The first-order valence-corrected chi connectivity index (χ1v) is 11.4. The Hall–Kier alpha value is -4.25. The maximum absolute atomic E-state index is 13.3. The average Bonchev–Trinajstić information content (AvgIpc) is 3.42. The zero-order valence-corrected chi connectivity index (χ0v) is 19.5. The Morgan fingerprint density at radius 3 is 2.06 bits per heavy atom. The Morgan fingerprint density at radius 2 is 1.44 bits per heavy atom. The van der Waals surface area contributed by atoms with E-state index in [-0.39, 0.29) is 5.91 Å². The van der Waals surface area contributed by atoms with Crippen molar-refractivity contribution in [2.75, 3.05) is 5.01 Å². The molecule has 5 nitrogen and oxygen atoms in total. The molecule has 1 aliphatic heterocycles. The first kappa shape index (κ1) is 21.6. The number of hydrazone groups is 1. The molecule has 0 saturated heterocycles. The lowest BCUT2D eigenvalue weighted by Crippen LogP contribution is -2.21. The molecule has 0 atom stereocenters. The summed E-state index contributed by atoms with van der Waals surface area (Å²) < 4.78 is 1.86. The third kappa shape index (κ3) is 4.08. The average molecular weight is 447 g/mol. The number of hydrogen-bond acceptors (Lipinski definition) is 3. The van der Waals surface area contributed by atoms with E-state index >= 15 is 0 Å². The zero-order valence-electron chi connectivity index (χ0n) is 19.5. The third-order valence-corrected chi connectivity index (χ3v) is 5.98. The van der Waals surface area contributed by atoms with Gasteiger partial charge in [-0.2, -0.15) is 15.2 Å². The summed E-state index contributed by atoms with van der Waals surface area (Å²) in [7, 11) is 0. The van der Waals surface area contributed by atoms with Crippen LogP contribution in [0.15, 0.2) is 102 Å². The number of amides is 1. The second-order valence-corrected chi connectivity index (χ2v) is 8.69. The fourth-order valence-electron chi connectivity index (χ4n) is 4.04. The molecule has 34 heavy (non-hydrogen) atoms. The van der Waals surface area contributed by atoms with E-state index in [0.29, 0.717) is 17.2 Å². The van der Waals surface area contributed by atoms with Crippen LogP contribution in [0.2, 0.25) is 0 Å². The van der Waals surface area contributed by atoms with Crippen molar-refractivity contribution in [3.05, 3.63) is 108 Å². The normalized spacial score (nSPS) is 14.8. The molecule has 3 aromatic carbocycles. The molecule has 0 spiro atoms. The fourth-order valence-corrected chi connectivity index (χ4v) is 4.04. The van der Waals surface area contributed by atoms with Crippen LogP contribution in [0.1, 0.15) is 37.8 Å². The lowest BCUT2D eigenvalue weighted by Gasteiger charge is -2.11. The number of aromatic nitrogens is 2. The van der Waals surface area contributed by atoms with Crippen LogP contribution in [-0.4, -0.2) is 21.4 Å². The molecule has 0 bridgehead atoms. The lowest BCUT2D eigenvalue weighted by atomic mass is 9.99. The van der Waals surface area contributed by atoms with Gasteiger partial charge in [0.05, 0.1) is 28.4 Å². The van der Waals surface area contributed by atoms with E-state index < -0.39 is 0 Å². The van der Waals surface area contributed by atoms with E-state index in [2.05, 4.69) is 43.2 Å². The van der Waals surface area contributed by atoms with Crippen molar-refractivity contribution >= 4 is 23.4 Å². The summed E-state index contributed by atoms with van der Waals surface area (Å²) in [5.41, 5.74) is 6.93. The fraction of sp³-hybridized carbons (Fsp3) is 0.138. The van der Waals surface area contributed by atoms with E-state index in [1.165, 1.54) is 10.6 Å². The quantitative estimate of drug-likeness (QED) is 0.330. The highest BCUT2D eigenvalue weighted by Gasteiger charge is 2.29. The predicted octanol–water partition coefficient (Wildman–Crippen LogP) is 6.47. The summed E-state index contributed by atoms with van der Waals surface area (Å²) in [6, 6.07) is 28.0. The van der Waals surface area contributed by atoms with Gasteiger partial charge < -0.3 is 0 Å². The van der Waals surface area contributed by atoms with Crippen molar-refractivity contribution in [2.45, 2.75) is 26.7 Å². The zero-order chi connectivity index (χ0) is 23.7. The van der Waals surface area contributed by atoms with Gasteiger partial charge in [0, 0.05) is 17.3 Å². The van der Waals surface area contributed by atoms with Gasteiger partial charge in [-0.05, 0) is 48.7 Å². The second kappa shape index (κ2) is 8.94. The molecule has 4 aromatic rings. The van der Waals surface area contributed by atoms with Gasteiger partial charge in [-0.25, -0.2) is 4.68 Å². The number of rotatable bonds is 5. The van der Waals surface area contributed by atoms with Crippen LogP contribution in [0.4, 0.5) is 5.69 Å². The van der Waals surface area contributed by atoms with Crippen LogP contribution in [0, 0.1) is 0 Å². The first-order chi connectivity index (χ1) is 16.5. The molecule has 2 heterocycles.